The van der Waals surface area contributed by atoms with E-state index in [4.69, 9.17) is 9.47 Å². The molecule has 0 N–H and O–H groups in total. The lowest BCUT2D eigenvalue weighted by atomic mass is 10.0. The minimum Gasteiger partial charge on any atom is -0.350 e. The highest BCUT2D eigenvalue weighted by molar-refractivity contribution is 5.29. The van der Waals surface area contributed by atoms with Gasteiger partial charge in [-0.05, 0) is 25.8 Å². The van der Waals surface area contributed by atoms with Crippen LogP contribution >= 0.6 is 0 Å². The van der Waals surface area contributed by atoms with Gasteiger partial charge >= 0.3 is 0 Å². The lowest BCUT2D eigenvalue weighted by Crippen LogP contribution is -2.40. The SMILES string of the molecule is CC1(C)OCCC(C2=CCC=CC=C2)O1. The van der Waals surface area contributed by atoms with Crippen molar-refractivity contribution in [3.05, 3.63) is 36.0 Å². The Hall–Kier alpha value is -0.860. The van der Waals surface area contributed by atoms with Crippen molar-refractivity contribution in [1.29, 1.82) is 0 Å². The van der Waals surface area contributed by atoms with Crippen molar-refractivity contribution in [2.75, 3.05) is 6.61 Å². The number of allylic oxidation sites excluding steroid dienone is 4. The molecule has 2 nitrogen and oxygen atoms in total. The maximum Gasteiger partial charge on any atom is 0.163 e. The molecule has 0 radical (unpaired) electrons. The second kappa shape index (κ2) is 4.33. The summed E-state index contributed by atoms with van der Waals surface area (Å²) in [4.78, 5) is 0. The first kappa shape index (κ1) is 10.7. The molecule has 0 spiro atoms. The molecule has 0 bridgehead atoms. The van der Waals surface area contributed by atoms with E-state index in [1.54, 1.807) is 0 Å². The third-order valence-electron chi connectivity index (χ3n) is 2.65. The average Bonchev–Trinajstić information content (AvgIpc) is 2.44. The third kappa shape index (κ3) is 2.80. The summed E-state index contributed by atoms with van der Waals surface area (Å²) < 4.78 is 11.4. The number of rotatable bonds is 1. The molecule has 0 amide bonds. The molecule has 0 aromatic rings. The topological polar surface area (TPSA) is 18.5 Å². The molecule has 1 saturated heterocycles. The lowest BCUT2D eigenvalue weighted by Gasteiger charge is -2.36. The highest BCUT2D eigenvalue weighted by Crippen LogP contribution is 2.27. The first-order chi connectivity index (χ1) is 7.17. The molecule has 2 aliphatic rings. The van der Waals surface area contributed by atoms with E-state index in [1.165, 1.54) is 5.57 Å². The molecule has 1 atom stereocenters. The van der Waals surface area contributed by atoms with Crippen LogP contribution in [0.15, 0.2) is 36.0 Å². The van der Waals surface area contributed by atoms with Crippen molar-refractivity contribution in [2.24, 2.45) is 0 Å². The Bertz CT molecular complexity index is 310. The van der Waals surface area contributed by atoms with E-state index in [9.17, 15) is 0 Å². The molecular formula is C13H18O2. The summed E-state index contributed by atoms with van der Waals surface area (Å²) in [7, 11) is 0. The van der Waals surface area contributed by atoms with Gasteiger partial charge in [-0.1, -0.05) is 30.4 Å². The predicted molar refractivity (Wildman–Crippen MR) is 60.5 cm³/mol. The van der Waals surface area contributed by atoms with Crippen LogP contribution in [0, 0.1) is 0 Å². The Labute approximate surface area is 91.3 Å². The van der Waals surface area contributed by atoms with E-state index in [0.717, 1.165) is 19.4 Å². The fraction of sp³-hybridized carbons (Fsp3) is 0.538. The lowest BCUT2D eigenvalue weighted by molar-refractivity contribution is -0.264. The van der Waals surface area contributed by atoms with Crippen LogP contribution in [0.3, 0.4) is 0 Å². The molecule has 1 heterocycles. The molecule has 1 aliphatic heterocycles. The van der Waals surface area contributed by atoms with Crippen LogP contribution in [0.5, 0.6) is 0 Å². The zero-order valence-electron chi connectivity index (χ0n) is 9.40. The Morgan fingerprint density at radius 3 is 3.00 bits per heavy atom. The standard InChI is InChI=1S/C13H18O2/c1-13(2)14-10-9-12(15-13)11-7-5-3-4-6-8-11/h3-5,7-8,12H,6,9-10H2,1-2H3. The van der Waals surface area contributed by atoms with Crippen LogP contribution < -0.4 is 0 Å². The number of ether oxygens (including phenoxy) is 2. The Morgan fingerprint density at radius 2 is 2.20 bits per heavy atom. The van der Waals surface area contributed by atoms with Gasteiger partial charge in [0.1, 0.15) is 0 Å². The van der Waals surface area contributed by atoms with Crippen LogP contribution in [0.4, 0.5) is 0 Å². The quantitative estimate of drug-likeness (QED) is 0.656. The Morgan fingerprint density at radius 1 is 1.33 bits per heavy atom. The molecular weight excluding hydrogens is 188 g/mol. The van der Waals surface area contributed by atoms with E-state index >= 15 is 0 Å². The second-order valence-electron chi connectivity index (χ2n) is 4.37. The van der Waals surface area contributed by atoms with Crippen LogP contribution in [0.25, 0.3) is 0 Å². The van der Waals surface area contributed by atoms with Gasteiger partial charge in [-0.2, -0.15) is 0 Å². The minimum atomic E-state index is -0.447. The molecule has 15 heavy (non-hydrogen) atoms. The Balaban J connectivity index is 2.07. The maximum absolute atomic E-state index is 5.90. The molecule has 0 saturated carbocycles. The molecule has 0 aromatic carbocycles. The summed E-state index contributed by atoms with van der Waals surface area (Å²) in [5.41, 5.74) is 1.27. The van der Waals surface area contributed by atoms with Gasteiger partial charge in [0.25, 0.3) is 0 Å². The van der Waals surface area contributed by atoms with Crippen LogP contribution in [0.1, 0.15) is 26.7 Å². The summed E-state index contributed by atoms with van der Waals surface area (Å²) in [6.45, 7) is 4.72. The van der Waals surface area contributed by atoms with Crippen molar-refractivity contribution >= 4 is 0 Å². The minimum absolute atomic E-state index is 0.185. The van der Waals surface area contributed by atoms with E-state index in [-0.39, 0.29) is 6.10 Å². The first-order valence-electron chi connectivity index (χ1n) is 5.52. The van der Waals surface area contributed by atoms with Crippen LogP contribution in [-0.2, 0) is 9.47 Å². The van der Waals surface area contributed by atoms with Crippen molar-refractivity contribution in [2.45, 2.75) is 38.6 Å². The number of hydrogen-bond acceptors (Lipinski definition) is 2. The van der Waals surface area contributed by atoms with E-state index in [2.05, 4.69) is 30.4 Å². The van der Waals surface area contributed by atoms with Crippen molar-refractivity contribution in [3.8, 4) is 0 Å². The van der Waals surface area contributed by atoms with Gasteiger partial charge in [0.05, 0.1) is 12.7 Å². The van der Waals surface area contributed by atoms with Gasteiger partial charge in [0, 0.05) is 6.42 Å². The monoisotopic (exact) mass is 206 g/mol. The second-order valence-corrected chi connectivity index (χ2v) is 4.37. The Kier molecular flexibility index (Phi) is 3.08. The highest BCUT2D eigenvalue weighted by Gasteiger charge is 2.30. The molecule has 82 valence electrons. The van der Waals surface area contributed by atoms with Crippen molar-refractivity contribution in [3.63, 3.8) is 0 Å². The first-order valence-corrected chi connectivity index (χ1v) is 5.52. The molecule has 1 unspecified atom stereocenters. The predicted octanol–water partition coefficient (Wildman–Crippen LogP) is 2.97. The molecule has 2 heteroatoms. The van der Waals surface area contributed by atoms with E-state index in [0.29, 0.717) is 0 Å². The third-order valence-corrected chi connectivity index (χ3v) is 2.65. The van der Waals surface area contributed by atoms with E-state index in [1.807, 2.05) is 13.8 Å². The largest absolute Gasteiger partial charge is 0.350 e. The molecule has 1 aliphatic carbocycles. The average molecular weight is 206 g/mol. The smallest absolute Gasteiger partial charge is 0.163 e. The van der Waals surface area contributed by atoms with Gasteiger partial charge in [-0.25, -0.2) is 0 Å². The molecule has 0 aromatic heterocycles. The maximum atomic E-state index is 5.90. The van der Waals surface area contributed by atoms with E-state index < -0.39 is 5.79 Å². The summed E-state index contributed by atoms with van der Waals surface area (Å²) in [5, 5.41) is 0. The molecule has 2 rings (SSSR count). The highest BCUT2D eigenvalue weighted by atomic mass is 16.7. The van der Waals surface area contributed by atoms with Gasteiger partial charge in [0.2, 0.25) is 0 Å². The van der Waals surface area contributed by atoms with Gasteiger partial charge < -0.3 is 9.47 Å². The summed E-state index contributed by atoms with van der Waals surface area (Å²) in [6, 6.07) is 0. The van der Waals surface area contributed by atoms with Crippen molar-refractivity contribution in [1.82, 2.24) is 0 Å². The van der Waals surface area contributed by atoms with Gasteiger partial charge in [-0.15, -0.1) is 0 Å². The van der Waals surface area contributed by atoms with Crippen LogP contribution in [0.2, 0.25) is 0 Å². The van der Waals surface area contributed by atoms with Crippen LogP contribution in [-0.4, -0.2) is 18.5 Å². The van der Waals surface area contributed by atoms with Gasteiger partial charge in [0.15, 0.2) is 5.79 Å². The van der Waals surface area contributed by atoms with Crippen molar-refractivity contribution < 1.29 is 9.47 Å². The normalized spacial score (nSPS) is 29.7. The summed E-state index contributed by atoms with van der Waals surface area (Å²) >= 11 is 0. The zero-order valence-corrected chi connectivity index (χ0v) is 9.40. The fourth-order valence-corrected chi connectivity index (χ4v) is 1.92. The number of hydrogen-bond donors (Lipinski definition) is 0. The zero-order chi connectivity index (χ0) is 10.7. The summed E-state index contributed by atoms with van der Waals surface area (Å²) in [5.74, 6) is -0.447. The fourth-order valence-electron chi connectivity index (χ4n) is 1.92. The van der Waals surface area contributed by atoms with Gasteiger partial charge in [-0.3, -0.25) is 0 Å². The summed E-state index contributed by atoms with van der Waals surface area (Å²) in [6.07, 6.45) is 12.8. The molecule has 1 fully saturated rings.